The van der Waals surface area contributed by atoms with Crippen LogP contribution in [0.4, 0.5) is 17.1 Å². The molecule has 0 amide bonds. The first-order chi connectivity index (χ1) is 11.0. The van der Waals surface area contributed by atoms with Crippen molar-refractivity contribution in [3.05, 3.63) is 42.5 Å². The predicted molar refractivity (Wildman–Crippen MR) is 83.6 cm³/mol. The van der Waals surface area contributed by atoms with Crippen molar-refractivity contribution in [1.82, 2.24) is 20.6 Å². The number of hydrogen-bond acceptors (Lipinski definition) is 7. The van der Waals surface area contributed by atoms with Crippen LogP contribution in [0.15, 0.2) is 47.4 Å². The van der Waals surface area contributed by atoms with Gasteiger partial charge in [0.1, 0.15) is 4.90 Å². The molecular weight excluding hydrogens is 320 g/mol. The number of nitrogens with zero attached hydrogens (tertiary/aromatic N) is 3. The zero-order valence-corrected chi connectivity index (χ0v) is 12.4. The molecule has 0 aliphatic heterocycles. The highest BCUT2D eigenvalue weighted by atomic mass is 32.2. The monoisotopic (exact) mass is 332 g/mol. The summed E-state index contributed by atoms with van der Waals surface area (Å²) in [5.74, 6) is 0.259. The summed E-state index contributed by atoms with van der Waals surface area (Å²) in [7, 11) is -4.37. The van der Waals surface area contributed by atoms with Gasteiger partial charge in [-0.1, -0.05) is 18.2 Å². The van der Waals surface area contributed by atoms with Crippen LogP contribution in [0.2, 0.25) is 0 Å². The summed E-state index contributed by atoms with van der Waals surface area (Å²) in [4.78, 5) is -0.249. The van der Waals surface area contributed by atoms with E-state index < -0.39 is 10.1 Å². The maximum absolute atomic E-state index is 11.5. The molecule has 2 aromatic carbocycles. The highest BCUT2D eigenvalue weighted by molar-refractivity contribution is 7.86. The molecule has 3 aromatic rings. The third-order valence-corrected chi connectivity index (χ3v) is 4.01. The summed E-state index contributed by atoms with van der Waals surface area (Å²) < 4.78 is 32.3. The van der Waals surface area contributed by atoms with Crippen molar-refractivity contribution in [2.24, 2.45) is 0 Å². The van der Waals surface area contributed by atoms with E-state index in [4.69, 9.17) is 5.73 Å². The number of aromatic nitrogens is 4. The van der Waals surface area contributed by atoms with Crippen molar-refractivity contribution < 1.29 is 13.0 Å². The van der Waals surface area contributed by atoms with E-state index in [0.717, 1.165) is 0 Å². The van der Waals surface area contributed by atoms with Crippen molar-refractivity contribution in [2.45, 2.75) is 4.90 Å². The van der Waals surface area contributed by atoms with E-state index in [-0.39, 0.29) is 16.4 Å². The first kappa shape index (κ1) is 14.9. The van der Waals surface area contributed by atoms with Gasteiger partial charge in [-0.3, -0.25) is 4.55 Å². The smallest absolute Gasteiger partial charge is 0.296 e. The van der Waals surface area contributed by atoms with Crippen LogP contribution >= 0.6 is 0 Å². The highest BCUT2D eigenvalue weighted by Crippen LogP contribution is 2.34. The molecule has 0 radical (unpaired) electrons. The number of rotatable bonds is 4. The van der Waals surface area contributed by atoms with Gasteiger partial charge in [-0.25, -0.2) is 0 Å². The summed E-state index contributed by atoms with van der Waals surface area (Å²) in [5, 5.41) is 16.5. The zero-order valence-electron chi connectivity index (χ0n) is 11.6. The number of para-hydroxylation sites is 1. The molecule has 1 aromatic heterocycles. The number of aromatic amines is 1. The molecule has 0 bridgehead atoms. The van der Waals surface area contributed by atoms with Crippen LogP contribution in [0.5, 0.6) is 0 Å². The van der Waals surface area contributed by atoms with Gasteiger partial charge in [0.2, 0.25) is 5.82 Å². The SMILES string of the molecule is Nc1cccc(Nc2ccccc2S(=O)(=O)O)c1-c1nn[nH]n1. The number of anilines is 3. The van der Waals surface area contributed by atoms with Crippen LogP contribution in [-0.2, 0) is 10.1 Å². The Kier molecular flexibility index (Phi) is 3.68. The van der Waals surface area contributed by atoms with Gasteiger partial charge in [0.15, 0.2) is 0 Å². The minimum absolute atomic E-state index is 0.199. The fourth-order valence-electron chi connectivity index (χ4n) is 2.13. The number of hydrogen-bond donors (Lipinski definition) is 4. The Morgan fingerprint density at radius 2 is 1.83 bits per heavy atom. The van der Waals surface area contributed by atoms with Crippen LogP contribution in [0.25, 0.3) is 11.4 Å². The molecule has 23 heavy (non-hydrogen) atoms. The molecule has 118 valence electrons. The fourth-order valence-corrected chi connectivity index (χ4v) is 2.78. The van der Waals surface area contributed by atoms with Gasteiger partial charge in [0, 0.05) is 5.69 Å². The summed E-state index contributed by atoms with van der Waals surface area (Å²) in [5.41, 5.74) is 7.49. The molecule has 9 nitrogen and oxygen atoms in total. The molecule has 0 aliphatic rings. The molecule has 10 heteroatoms. The van der Waals surface area contributed by atoms with E-state index >= 15 is 0 Å². The maximum atomic E-state index is 11.5. The van der Waals surface area contributed by atoms with Gasteiger partial charge in [-0.05, 0) is 29.5 Å². The summed E-state index contributed by atoms with van der Waals surface area (Å²) >= 11 is 0. The summed E-state index contributed by atoms with van der Waals surface area (Å²) in [6, 6.07) is 11.0. The maximum Gasteiger partial charge on any atom is 0.296 e. The molecule has 0 unspecified atom stereocenters. The predicted octanol–water partition coefficient (Wildman–Crippen LogP) is 1.44. The fraction of sp³-hybridized carbons (Fsp3) is 0. The Morgan fingerprint density at radius 1 is 1.09 bits per heavy atom. The second kappa shape index (κ2) is 5.66. The van der Waals surface area contributed by atoms with E-state index in [1.54, 1.807) is 24.3 Å². The van der Waals surface area contributed by atoms with Gasteiger partial charge in [-0.15, -0.1) is 10.2 Å². The molecule has 0 atom stereocenters. The largest absolute Gasteiger partial charge is 0.398 e. The zero-order chi connectivity index (χ0) is 16.4. The van der Waals surface area contributed by atoms with Crippen LogP contribution < -0.4 is 11.1 Å². The van der Waals surface area contributed by atoms with E-state index in [1.165, 1.54) is 18.2 Å². The van der Waals surface area contributed by atoms with E-state index in [2.05, 4.69) is 25.9 Å². The normalized spacial score (nSPS) is 11.3. The average Bonchev–Trinajstić information content (AvgIpc) is 3.01. The summed E-state index contributed by atoms with van der Waals surface area (Å²) in [6.45, 7) is 0. The van der Waals surface area contributed by atoms with Crippen LogP contribution in [0, 0.1) is 0 Å². The van der Waals surface area contributed by atoms with Gasteiger partial charge in [-0.2, -0.15) is 13.6 Å². The Hall–Kier alpha value is -2.98. The lowest BCUT2D eigenvalue weighted by Crippen LogP contribution is -2.04. The van der Waals surface area contributed by atoms with Gasteiger partial charge in [0.25, 0.3) is 10.1 Å². The molecule has 0 saturated carbocycles. The van der Waals surface area contributed by atoms with Crippen molar-refractivity contribution >= 4 is 27.2 Å². The number of tetrazole rings is 1. The van der Waals surface area contributed by atoms with E-state index in [0.29, 0.717) is 16.9 Å². The number of nitrogen functional groups attached to an aromatic ring is 1. The lowest BCUT2D eigenvalue weighted by molar-refractivity contribution is 0.483. The Bertz CT molecular complexity index is 940. The van der Waals surface area contributed by atoms with Crippen LogP contribution in [0.3, 0.4) is 0 Å². The first-order valence-corrected chi connectivity index (χ1v) is 7.86. The van der Waals surface area contributed by atoms with Gasteiger partial charge >= 0.3 is 0 Å². The Morgan fingerprint density at radius 3 is 2.52 bits per heavy atom. The molecule has 5 N–H and O–H groups in total. The topological polar surface area (TPSA) is 147 Å². The minimum Gasteiger partial charge on any atom is -0.398 e. The number of benzene rings is 2. The highest BCUT2D eigenvalue weighted by Gasteiger charge is 2.18. The number of nitrogens with two attached hydrogens (primary N) is 1. The quantitative estimate of drug-likeness (QED) is 0.414. The van der Waals surface area contributed by atoms with E-state index in [1.807, 2.05) is 0 Å². The average molecular weight is 332 g/mol. The van der Waals surface area contributed by atoms with Crippen molar-refractivity contribution in [3.8, 4) is 11.4 Å². The Balaban J connectivity index is 2.11. The lowest BCUT2D eigenvalue weighted by Gasteiger charge is -2.14. The van der Waals surface area contributed by atoms with Gasteiger partial charge in [0.05, 0.1) is 16.9 Å². The van der Waals surface area contributed by atoms with Gasteiger partial charge < -0.3 is 11.1 Å². The van der Waals surface area contributed by atoms with E-state index in [9.17, 15) is 13.0 Å². The van der Waals surface area contributed by atoms with Crippen molar-refractivity contribution in [3.63, 3.8) is 0 Å². The molecule has 0 spiro atoms. The second-order valence-corrected chi connectivity index (χ2v) is 5.99. The molecule has 0 fully saturated rings. The summed E-state index contributed by atoms with van der Waals surface area (Å²) in [6.07, 6.45) is 0. The van der Waals surface area contributed by atoms with Crippen LogP contribution in [-0.4, -0.2) is 33.6 Å². The van der Waals surface area contributed by atoms with Crippen molar-refractivity contribution in [2.75, 3.05) is 11.1 Å². The molecule has 1 heterocycles. The Labute approximate surface area is 131 Å². The second-order valence-electron chi connectivity index (χ2n) is 4.60. The molecule has 0 saturated heterocycles. The lowest BCUT2D eigenvalue weighted by atomic mass is 10.1. The minimum atomic E-state index is -4.37. The standard InChI is InChI=1S/C13H12N6O3S/c14-8-4-3-6-10(12(8)13-16-18-19-17-13)15-9-5-1-2-7-11(9)23(20,21)22/h1-7,15H,14H2,(H,20,21,22)(H,16,17,18,19). The molecule has 0 aliphatic carbocycles. The third-order valence-electron chi connectivity index (χ3n) is 3.10. The van der Waals surface area contributed by atoms with Crippen molar-refractivity contribution in [1.29, 1.82) is 0 Å². The van der Waals surface area contributed by atoms with Crippen LogP contribution in [0.1, 0.15) is 0 Å². The number of H-pyrrole nitrogens is 1. The third kappa shape index (κ3) is 2.98. The molecule has 3 rings (SSSR count). The first-order valence-electron chi connectivity index (χ1n) is 6.42. The number of nitrogens with one attached hydrogen (secondary N) is 2. The molecular formula is C13H12N6O3S.